The lowest BCUT2D eigenvalue weighted by atomic mass is 10.1. The molecule has 0 unspecified atom stereocenters. The third-order valence-electron chi connectivity index (χ3n) is 3.14. The summed E-state index contributed by atoms with van der Waals surface area (Å²) in [6.45, 7) is 0. The van der Waals surface area contributed by atoms with E-state index in [-0.39, 0.29) is 5.82 Å². The molecule has 19 heavy (non-hydrogen) atoms. The highest BCUT2D eigenvalue weighted by atomic mass is 79.9. The van der Waals surface area contributed by atoms with Crippen molar-refractivity contribution in [3.8, 4) is 11.4 Å². The highest BCUT2D eigenvalue weighted by Gasteiger charge is 2.13. The molecule has 0 amide bonds. The summed E-state index contributed by atoms with van der Waals surface area (Å²) in [5.74, 6) is 0.429. The lowest BCUT2D eigenvalue weighted by molar-refractivity contribution is 0.629. The lowest BCUT2D eigenvalue weighted by Crippen LogP contribution is -1.97. The summed E-state index contributed by atoms with van der Waals surface area (Å²) < 4.78 is 16.0. The van der Waals surface area contributed by atoms with Crippen LogP contribution in [0.25, 0.3) is 22.4 Å². The van der Waals surface area contributed by atoms with Crippen molar-refractivity contribution in [1.29, 1.82) is 0 Å². The first-order chi connectivity index (χ1) is 9.08. The minimum Gasteiger partial charge on any atom is -0.397 e. The number of halogens is 2. The van der Waals surface area contributed by atoms with Crippen LogP contribution in [0.1, 0.15) is 0 Å². The number of nitrogen functional groups attached to an aromatic ring is 1. The van der Waals surface area contributed by atoms with E-state index in [0.29, 0.717) is 11.2 Å². The molecule has 0 aliphatic heterocycles. The van der Waals surface area contributed by atoms with Gasteiger partial charge in [0.2, 0.25) is 0 Å². The third-order valence-corrected chi connectivity index (χ3v) is 3.83. The van der Waals surface area contributed by atoms with Gasteiger partial charge in [0.25, 0.3) is 0 Å². The van der Waals surface area contributed by atoms with Gasteiger partial charge in [0.15, 0.2) is 0 Å². The highest BCUT2D eigenvalue weighted by molar-refractivity contribution is 9.10. The first-order valence-corrected chi connectivity index (χ1v) is 6.53. The molecule has 3 rings (SSSR count). The Morgan fingerprint density at radius 3 is 2.84 bits per heavy atom. The van der Waals surface area contributed by atoms with Crippen molar-refractivity contribution in [2.75, 3.05) is 5.73 Å². The van der Waals surface area contributed by atoms with Crippen LogP contribution in [-0.2, 0) is 7.05 Å². The Hall–Kier alpha value is -1.88. The summed E-state index contributed by atoms with van der Waals surface area (Å²) in [7, 11) is 1.89. The second kappa shape index (κ2) is 4.35. The van der Waals surface area contributed by atoms with Gasteiger partial charge in [-0.25, -0.2) is 9.37 Å². The zero-order chi connectivity index (χ0) is 13.6. The number of rotatable bonds is 1. The van der Waals surface area contributed by atoms with Gasteiger partial charge in [-0.15, -0.1) is 0 Å². The van der Waals surface area contributed by atoms with E-state index in [9.17, 15) is 4.39 Å². The average Bonchev–Trinajstić information content (AvgIpc) is 2.69. The molecule has 0 saturated carbocycles. The molecule has 3 aromatic rings. The zero-order valence-electron chi connectivity index (χ0n) is 10.2. The summed E-state index contributed by atoms with van der Waals surface area (Å²) in [5.41, 5.74) is 9.01. The fraction of sp³-hybridized carbons (Fsp3) is 0.0714. The minimum atomic E-state index is -0.292. The standard InChI is InChI=1S/C14H11BrFN3/c1-19-12-6-5-8(16)7-11(12)18-14(19)9-3-2-4-10(15)13(9)17/h2-7H,17H2,1H3. The van der Waals surface area contributed by atoms with E-state index < -0.39 is 0 Å². The number of benzene rings is 2. The summed E-state index contributed by atoms with van der Waals surface area (Å²) in [6, 6.07) is 10.2. The number of anilines is 1. The van der Waals surface area contributed by atoms with Gasteiger partial charge in [-0.1, -0.05) is 6.07 Å². The van der Waals surface area contributed by atoms with E-state index in [1.165, 1.54) is 12.1 Å². The van der Waals surface area contributed by atoms with Crippen molar-refractivity contribution in [1.82, 2.24) is 9.55 Å². The molecule has 2 aromatic carbocycles. The summed E-state index contributed by atoms with van der Waals surface area (Å²) in [5, 5.41) is 0. The predicted molar refractivity (Wildman–Crippen MR) is 78.2 cm³/mol. The lowest BCUT2D eigenvalue weighted by Gasteiger charge is -2.07. The maximum absolute atomic E-state index is 13.2. The van der Waals surface area contributed by atoms with Crippen molar-refractivity contribution in [2.24, 2.45) is 7.05 Å². The average molecular weight is 320 g/mol. The molecule has 0 spiro atoms. The van der Waals surface area contributed by atoms with Gasteiger partial charge in [-0.2, -0.15) is 0 Å². The van der Waals surface area contributed by atoms with Gasteiger partial charge < -0.3 is 10.3 Å². The van der Waals surface area contributed by atoms with Gasteiger partial charge >= 0.3 is 0 Å². The fourth-order valence-corrected chi connectivity index (χ4v) is 2.51. The zero-order valence-corrected chi connectivity index (χ0v) is 11.8. The van der Waals surface area contributed by atoms with Gasteiger partial charge in [0, 0.05) is 23.2 Å². The van der Waals surface area contributed by atoms with Crippen LogP contribution in [0.3, 0.4) is 0 Å². The van der Waals surface area contributed by atoms with Crippen molar-refractivity contribution in [3.05, 3.63) is 46.7 Å². The SMILES string of the molecule is Cn1c(-c2cccc(Br)c2N)nc2cc(F)ccc21. The maximum Gasteiger partial charge on any atom is 0.142 e. The van der Waals surface area contributed by atoms with Crippen molar-refractivity contribution >= 4 is 32.7 Å². The van der Waals surface area contributed by atoms with Gasteiger partial charge in [0.05, 0.1) is 16.7 Å². The summed E-state index contributed by atoms with van der Waals surface area (Å²) in [4.78, 5) is 4.47. The predicted octanol–water partition coefficient (Wildman–Crippen LogP) is 3.72. The Bertz CT molecular complexity index is 780. The maximum atomic E-state index is 13.2. The molecule has 96 valence electrons. The Morgan fingerprint density at radius 2 is 2.05 bits per heavy atom. The van der Waals surface area contributed by atoms with Gasteiger partial charge in [-0.05, 0) is 40.2 Å². The quantitative estimate of drug-likeness (QED) is 0.695. The molecule has 0 fully saturated rings. The monoisotopic (exact) mass is 319 g/mol. The number of aromatic nitrogens is 2. The van der Waals surface area contributed by atoms with E-state index in [2.05, 4.69) is 20.9 Å². The van der Waals surface area contributed by atoms with Crippen molar-refractivity contribution in [2.45, 2.75) is 0 Å². The smallest absolute Gasteiger partial charge is 0.142 e. The minimum absolute atomic E-state index is 0.292. The Kier molecular flexibility index (Phi) is 2.78. The number of fused-ring (bicyclic) bond motifs is 1. The molecule has 2 N–H and O–H groups in total. The second-order valence-electron chi connectivity index (χ2n) is 4.33. The van der Waals surface area contributed by atoms with Crippen molar-refractivity contribution in [3.63, 3.8) is 0 Å². The van der Waals surface area contributed by atoms with E-state index in [1.807, 2.05) is 29.8 Å². The number of nitrogens with zero attached hydrogens (tertiary/aromatic N) is 2. The van der Waals surface area contributed by atoms with Crippen LogP contribution in [-0.4, -0.2) is 9.55 Å². The number of aryl methyl sites for hydroxylation is 1. The molecule has 0 atom stereocenters. The van der Waals surface area contributed by atoms with Crippen LogP contribution in [0.15, 0.2) is 40.9 Å². The fourth-order valence-electron chi connectivity index (χ4n) is 2.15. The largest absolute Gasteiger partial charge is 0.397 e. The second-order valence-corrected chi connectivity index (χ2v) is 5.18. The highest BCUT2D eigenvalue weighted by Crippen LogP contribution is 2.32. The van der Waals surface area contributed by atoms with E-state index in [1.54, 1.807) is 6.07 Å². The van der Waals surface area contributed by atoms with Crippen LogP contribution in [0.2, 0.25) is 0 Å². The molecule has 0 saturated heterocycles. The molecule has 5 heteroatoms. The van der Waals surface area contributed by atoms with Gasteiger partial charge in [0.1, 0.15) is 11.6 Å². The van der Waals surface area contributed by atoms with Crippen LogP contribution >= 0.6 is 15.9 Å². The molecule has 1 aromatic heterocycles. The number of hydrogen-bond donors (Lipinski definition) is 1. The van der Waals surface area contributed by atoms with Crippen molar-refractivity contribution < 1.29 is 4.39 Å². The Balaban J connectivity index is 2.31. The van der Waals surface area contributed by atoms with Crippen LogP contribution in [0.4, 0.5) is 10.1 Å². The van der Waals surface area contributed by atoms with E-state index >= 15 is 0 Å². The molecular formula is C14H11BrFN3. The number of para-hydroxylation sites is 1. The molecule has 1 heterocycles. The Labute approximate surface area is 118 Å². The van der Waals surface area contributed by atoms with Crippen LogP contribution in [0.5, 0.6) is 0 Å². The van der Waals surface area contributed by atoms with Crippen LogP contribution in [0, 0.1) is 5.82 Å². The molecule has 0 aliphatic carbocycles. The van der Waals surface area contributed by atoms with Crippen LogP contribution < -0.4 is 5.73 Å². The number of nitrogens with two attached hydrogens (primary N) is 1. The van der Waals surface area contributed by atoms with E-state index in [4.69, 9.17) is 5.73 Å². The summed E-state index contributed by atoms with van der Waals surface area (Å²) >= 11 is 3.40. The first-order valence-electron chi connectivity index (χ1n) is 5.74. The molecule has 0 bridgehead atoms. The topological polar surface area (TPSA) is 43.8 Å². The first kappa shape index (κ1) is 12.2. The number of imidazole rings is 1. The molecule has 0 aliphatic rings. The molecule has 3 nitrogen and oxygen atoms in total. The van der Waals surface area contributed by atoms with Gasteiger partial charge in [-0.3, -0.25) is 0 Å². The normalized spacial score (nSPS) is 11.1. The molecular weight excluding hydrogens is 309 g/mol. The summed E-state index contributed by atoms with van der Waals surface area (Å²) in [6.07, 6.45) is 0. The third kappa shape index (κ3) is 1.90. The molecule has 0 radical (unpaired) electrons. The van der Waals surface area contributed by atoms with E-state index in [0.717, 1.165) is 21.4 Å². The number of hydrogen-bond acceptors (Lipinski definition) is 2. The Morgan fingerprint density at radius 1 is 1.26 bits per heavy atom.